The molecule has 0 atom stereocenters. The highest BCUT2D eigenvalue weighted by atomic mass is 35.5. The molecular weight excluding hydrogens is 231 g/mol. The molecule has 2 rings (SSSR count). The lowest BCUT2D eigenvalue weighted by atomic mass is 10.2. The molecule has 0 amide bonds. The van der Waals surface area contributed by atoms with E-state index in [1.807, 2.05) is 31.2 Å². The molecule has 76 valence electrons. The van der Waals surface area contributed by atoms with E-state index in [2.05, 4.69) is 9.97 Å². The van der Waals surface area contributed by atoms with Crippen molar-refractivity contribution < 1.29 is 0 Å². The van der Waals surface area contributed by atoms with Gasteiger partial charge in [0.25, 0.3) is 0 Å². The van der Waals surface area contributed by atoms with E-state index in [0.29, 0.717) is 16.0 Å². The average molecular weight is 239 g/mol. The maximum atomic E-state index is 5.89. The van der Waals surface area contributed by atoms with Gasteiger partial charge in [-0.15, -0.1) is 0 Å². The molecule has 0 saturated carbocycles. The average Bonchev–Trinajstić information content (AvgIpc) is 2.16. The van der Waals surface area contributed by atoms with Gasteiger partial charge in [-0.3, -0.25) is 0 Å². The minimum absolute atomic E-state index is 0.442. The standard InChI is InChI=1S/C11H8Cl2N2/c1-7-5-10(13)15-11(14-7)8-3-2-4-9(12)6-8/h2-6H,1H3. The summed E-state index contributed by atoms with van der Waals surface area (Å²) < 4.78 is 0. The van der Waals surface area contributed by atoms with Crippen LogP contribution in [0.4, 0.5) is 0 Å². The van der Waals surface area contributed by atoms with Crippen molar-refractivity contribution in [2.45, 2.75) is 6.92 Å². The summed E-state index contributed by atoms with van der Waals surface area (Å²) in [7, 11) is 0. The second-order valence-electron chi connectivity index (χ2n) is 3.17. The number of aromatic nitrogens is 2. The van der Waals surface area contributed by atoms with Crippen molar-refractivity contribution in [2.24, 2.45) is 0 Å². The number of hydrogen-bond donors (Lipinski definition) is 0. The molecule has 0 unspecified atom stereocenters. The lowest BCUT2D eigenvalue weighted by Crippen LogP contribution is -1.91. The smallest absolute Gasteiger partial charge is 0.161 e. The van der Waals surface area contributed by atoms with Gasteiger partial charge in [-0.25, -0.2) is 9.97 Å². The van der Waals surface area contributed by atoms with E-state index in [0.717, 1.165) is 11.3 Å². The Bertz CT molecular complexity index is 477. The van der Waals surface area contributed by atoms with Gasteiger partial charge < -0.3 is 0 Å². The molecule has 15 heavy (non-hydrogen) atoms. The summed E-state index contributed by atoms with van der Waals surface area (Å²) in [6, 6.07) is 9.10. The molecule has 0 spiro atoms. The first-order chi connectivity index (χ1) is 7.15. The Balaban J connectivity index is 2.54. The van der Waals surface area contributed by atoms with Gasteiger partial charge in [-0.2, -0.15) is 0 Å². The first-order valence-corrected chi connectivity index (χ1v) is 5.18. The molecule has 1 heterocycles. The van der Waals surface area contributed by atoms with Crippen LogP contribution >= 0.6 is 23.2 Å². The highest BCUT2D eigenvalue weighted by Gasteiger charge is 2.03. The monoisotopic (exact) mass is 238 g/mol. The third-order valence-corrected chi connectivity index (χ3v) is 2.33. The van der Waals surface area contributed by atoms with Crippen molar-refractivity contribution in [3.63, 3.8) is 0 Å². The van der Waals surface area contributed by atoms with Gasteiger partial charge in [-0.1, -0.05) is 35.3 Å². The van der Waals surface area contributed by atoms with Crippen molar-refractivity contribution in [1.82, 2.24) is 9.97 Å². The normalized spacial score (nSPS) is 10.3. The zero-order chi connectivity index (χ0) is 10.8. The molecule has 1 aromatic carbocycles. The van der Waals surface area contributed by atoms with Gasteiger partial charge in [0, 0.05) is 16.3 Å². The zero-order valence-corrected chi connectivity index (χ0v) is 9.55. The van der Waals surface area contributed by atoms with Crippen LogP contribution in [0.2, 0.25) is 10.2 Å². The molecule has 0 fully saturated rings. The van der Waals surface area contributed by atoms with Crippen LogP contribution in [-0.2, 0) is 0 Å². The Morgan fingerprint density at radius 1 is 1.07 bits per heavy atom. The van der Waals surface area contributed by atoms with E-state index in [4.69, 9.17) is 23.2 Å². The Kier molecular flexibility index (Phi) is 2.89. The van der Waals surface area contributed by atoms with Crippen molar-refractivity contribution in [2.75, 3.05) is 0 Å². The van der Waals surface area contributed by atoms with Crippen LogP contribution in [0, 0.1) is 6.92 Å². The number of halogens is 2. The fraction of sp³-hybridized carbons (Fsp3) is 0.0909. The SMILES string of the molecule is Cc1cc(Cl)nc(-c2cccc(Cl)c2)n1. The van der Waals surface area contributed by atoms with Crippen molar-refractivity contribution >= 4 is 23.2 Å². The largest absolute Gasteiger partial charge is 0.233 e. The summed E-state index contributed by atoms with van der Waals surface area (Å²) in [5.41, 5.74) is 1.71. The first-order valence-electron chi connectivity index (χ1n) is 4.42. The third kappa shape index (κ3) is 2.46. The maximum absolute atomic E-state index is 5.89. The van der Waals surface area contributed by atoms with Crippen LogP contribution in [0.5, 0.6) is 0 Å². The second-order valence-corrected chi connectivity index (χ2v) is 3.99. The van der Waals surface area contributed by atoms with E-state index < -0.39 is 0 Å². The molecule has 2 aromatic rings. The number of aryl methyl sites for hydroxylation is 1. The van der Waals surface area contributed by atoms with Crippen LogP contribution in [0.1, 0.15) is 5.69 Å². The molecule has 0 bridgehead atoms. The molecular formula is C11H8Cl2N2. The molecule has 0 saturated heterocycles. The number of rotatable bonds is 1. The van der Waals surface area contributed by atoms with Crippen molar-refractivity contribution in [3.05, 3.63) is 46.2 Å². The van der Waals surface area contributed by atoms with E-state index in [-0.39, 0.29) is 0 Å². The minimum atomic E-state index is 0.442. The van der Waals surface area contributed by atoms with Crippen LogP contribution in [0.25, 0.3) is 11.4 Å². The van der Waals surface area contributed by atoms with E-state index in [1.165, 1.54) is 0 Å². The summed E-state index contributed by atoms with van der Waals surface area (Å²) in [5, 5.41) is 1.10. The number of benzene rings is 1. The van der Waals surface area contributed by atoms with Gasteiger partial charge in [0.05, 0.1) is 0 Å². The van der Waals surface area contributed by atoms with E-state index in [9.17, 15) is 0 Å². The number of nitrogens with zero attached hydrogens (tertiary/aromatic N) is 2. The highest BCUT2D eigenvalue weighted by Crippen LogP contribution is 2.21. The van der Waals surface area contributed by atoms with Crippen LogP contribution < -0.4 is 0 Å². The lowest BCUT2D eigenvalue weighted by Gasteiger charge is -2.02. The van der Waals surface area contributed by atoms with E-state index in [1.54, 1.807) is 6.07 Å². The van der Waals surface area contributed by atoms with Crippen LogP contribution in [-0.4, -0.2) is 9.97 Å². The summed E-state index contributed by atoms with van der Waals surface area (Å²) in [6.45, 7) is 1.88. The number of hydrogen-bond acceptors (Lipinski definition) is 2. The Morgan fingerprint density at radius 3 is 2.53 bits per heavy atom. The summed E-state index contributed by atoms with van der Waals surface area (Å²) in [5.74, 6) is 0.600. The summed E-state index contributed by atoms with van der Waals surface area (Å²) in [4.78, 5) is 8.43. The minimum Gasteiger partial charge on any atom is -0.233 e. The van der Waals surface area contributed by atoms with Gasteiger partial charge in [0.15, 0.2) is 5.82 Å². The molecule has 0 radical (unpaired) electrons. The van der Waals surface area contributed by atoms with Crippen molar-refractivity contribution in [1.29, 1.82) is 0 Å². The second kappa shape index (κ2) is 4.17. The topological polar surface area (TPSA) is 25.8 Å². The molecule has 1 aromatic heterocycles. The predicted octanol–water partition coefficient (Wildman–Crippen LogP) is 3.76. The first kappa shape index (κ1) is 10.4. The highest BCUT2D eigenvalue weighted by molar-refractivity contribution is 6.31. The Labute approximate surface area is 97.9 Å². The predicted molar refractivity (Wildman–Crippen MR) is 62.2 cm³/mol. The summed E-state index contributed by atoms with van der Waals surface area (Å²) >= 11 is 11.7. The van der Waals surface area contributed by atoms with Gasteiger partial charge in [-0.05, 0) is 25.1 Å². The fourth-order valence-corrected chi connectivity index (χ4v) is 1.72. The van der Waals surface area contributed by atoms with Gasteiger partial charge in [0.2, 0.25) is 0 Å². The molecule has 4 heteroatoms. The molecule has 0 N–H and O–H groups in total. The lowest BCUT2D eigenvalue weighted by molar-refractivity contribution is 1.11. The van der Waals surface area contributed by atoms with Crippen LogP contribution in [0.3, 0.4) is 0 Å². The Hall–Kier alpha value is -1.12. The Morgan fingerprint density at radius 2 is 1.87 bits per heavy atom. The zero-order valence-electron chi connectivity index (χ0n) is 8.04. The quantitative estimate of drug-likeness (QED) is 0.708. The van der Waals surface area contributed by atoms with Crippen LogP contribution in [0.15, 0.2) is 30.3 Å². The fourth-order valence-electron chi connectivity index (χ4n) is 1.29. The molecule has 0 aliphatic heterocycles. The van der Waals surface area contributed by atoms with Gasteiger partial charge in [0.1, 0.15) is 5.15 Å². The molecule has 0 aliphatic carbocycles. The summed E-state index contributed by atoms with van der Waals surface area (Å²) in [6.07, 6.45) is 0. The van der Waals surface area contributed by atoms with E-state index >= 15 is 0 Å². The van der Waals surface area contributed by atoms with Gasteiger partial charge >= 0.3 is 0 Å². The third-order valence-electron chi connectivity index (χ3n) is 1.91. The van der Waals surface area contributed by atoms with Crippen molar-refractivity contribution in [3.8, 4) is 11.4 Å². The molecule has 0 aliphatic rings. The maximum Gasteiger partial charge on any atom is 0.161 e. The molecule has 2 nitrogen and oxygen atoms in total.